The molecule has 1 aliphatic rings. The molecule has 0 bridgehead atoms. The number of anilines is 1. The van der Waals surface area contributed by atoms with Gasteiger partial charge < -0.3 is 16.4 Å². The van der Waals surface area contributed by atoms with E-state index in [1.54, 1.807) is 23.5 Å². The summed E-state index contributed by atoms with van der Waals surface area (Å²) in [5.41, 5.74) is 14.0. The second-order valence-corrected chi connectivity index (χ2v) is 8.37. The van der Waals surface area contributed by atoms with Crippen LogP contribution in [-0.2, 0) is 11.2 Å². The minimum Gasteiger partial charge on any atom is -0.370 e. The Balaban J connectivity index is 0.000000210. The number of amides is 1. The zero-order valence-electron chi connectivity index (χ0n) is 17.1. The number of thiophene rings is 1. The predicted octanol–water partition coefficient (Wildman–Crippen LogP) is 4.07. The van der Waals surface area contributed by atoms with Gasteiger partial charge in [-0.1, -0.05) is 24.3 Å². The Morgan fingerprint density at radius 1 is 1.13 bits per heavy atom. The summed E-state index contributed by atoms with van der Waals surface area (Å²) in [6, 6.07) is 17.8. The van der Waals surface area contributed by atoms with E-state index in [0.29, 0.717) is 12.0 Å². The molecule has 2 aromatic carbocycles. The van der Waals surface area contributed by atoms with Gasteiger partial charge in [-0.05, 0) is 59.7 Å². The van der Waals surface area contributed by atoms with Gasteiger partial charge in [0.25, 0.3) is 0 Å². The molecule has 0 unspecified atom stereocenters. The zero-order valence-corrected chi connectivity index (χ0v) is 17.9. The molecule has 0 radical (unpaired) electrons. The van der Waals surface area contributed by atoms with Crippen LogP contribution in [-0.4, -0.2) is 25.0 Å². The van der Waals surface area contributed by atoms with Crippen molar-refractivity contribution in [1.82, 2.24) is 0 Å². The SMILES string of the molecule is N#Cc1cc(-c2ccc(F)cc2)ccc1N1CCCC1.NC(=O)[C@@H](N)Cc1cccs1. The van der Waals surface area contributed by atoms with Gasteiger partial charge in [0.2, 0.25) is 5.91 Å². The van der Waals surface area contributed by atoms with Gasteiger partial charge in [0.15, 0.2) is 0 Å². The first kappa shape index (κ1) is 22.5. The quantitative estimate of drug-likeness (QED) is 0.630. The van der Waals surface area contributed by atoms with Crippen LogP contribution in [0.3, 0.4) is 0 Å². The Bertz CT molecular complexity index is 1040. The fourth-order valence-corrected chi connectivity index (χ4v) is 4.19. The van der Waals surface area contributed by atoms with Gasteiger partial charge in [-0.15, -0.1) is 11.3 Å². The Hall–Kier alpha value is -3.21. The van der Waals surface area contributed by atoms with Crippen LogP contribution in [0.15, 0.2) is 60.0 Å². The number of nitrogens with two attached hydrogens (primary N) is 2. The topological polar surface area (TPSA) is 96.1 Å². The van der Waals surface area contributed by atoms with Gasteiger partial charge in [0.05, 0.1) is 17.3 Å². The van der Waals surface area contributed by atoms with Crippen LogP contribution in [0.2, 0.25) is 0 Å². The first-order chi connectivity index (χ1) is 15.0. The molecule has 0 aliphatic carbocycles. The molecular formula is C24H25FN4OS. The minimum atomic E-state index is -0.548. The van der Waals surface area contributed by atoms with Gasteiger partial charge in [0.1, 0.15) is 11.9 Å². The zero-order chi connectivity index (χ0) is 22.2. The molecule has 7 heteroatoms. The molecule has 1 aliphatic heterocycles. The predicted molar refractivity (Wildman–Crippen MR) is 123 cm³/mol. The number of benzene rings is 2. The van der Waals surface area contributed by atoms with E-state index in [1.165, 1.54) is 25.0 Å². The summed E-state index contributed by atoms with van der Waals surface area (Å²) >= 11 is 1.58. The molecule has 4 rings (SSSR count). The van der Waals surface area contributed by atoms with E-state index >= 15 is 0 Å². The summed E-state index contributed by atoms with van der Waals surface area (Å²) in [5, 5.41) is 11.3. The number of nitrogens with zero attached hydrogens (tertiary/aromatic N) is 2. The normalized spacial score (nSPS) is 13.8. The molecule has 1 aromatic heterocycles. The fourth-order valence-electron chi connectivity index (χ4n) is 3.43. The molecule has 1 fully saturated rings. The molecular weight excluding hydrogens is 411 g/mol. The van der Waals surface area contributed by atoms with Crippen LogP contribution >= 0.6 is 11.3 Å². The average molecular weight is 437 g/mol. The van der Waals surface area contributed by atoms with Crippen molar-refractivity contribution in [2.45, 2.75) is 25.3 Å². The van der Waals surface area contributed by atoms with Crippen molar-refractivity contribution in [1.29, 1.82) is 5.26 Å². The highest BCUT2D eigenvalue weighted by molar-refractivity contribution is 7.09. The van der Waals surface area contributed by atoms with E-state index in [1.807, 2.05) is 35.7 Å². The molecule has 1 saturated heterocycles. The molecule has 160 valence electrons. The molecule has 0 saturated carbocycles. The summed E-state index contributed by atoms with van der Waals surface area (Å²) < 4.78 is 13.0. The molecule has 2 heterocycles. The van der Waals surface area contributed by atoms with E-state index in [2.05, 4.69) is 11.0 Å². The number of primary amides is 1. The van der Waals surface area contributed by atoms with Crippen molar-refractivity contribution in [3.63, 3.8) is 0 Å². The first-order valence-corrected chi connectivity index (χ1v) is 11.0. The van der Waals surface area contributed by atoms with Crippen molar-refractivity contribution in [2.24, 2.45) is 11.5 Å². The van der Waals surface area contributed by atoms with Crippen LogP contribution in [0.4, 0.5) is 10.1 Å². The van der Waals surface area contributed by atoms with Gasteiger partial charge in [-0.25, -0.2) is 4.39 Å². The highest BCUT2D eigenvalue weighted by Gasteiger charge is 2.16. The van der Waals surface area contributed by atoms with Crippen molar-refractivity contribution in [3.8, 4) is 17.2 Å². The summed E-state index contributed by atoms with van der Waals surface area (Å²) in [7, 11) is 0. The van der Waals surface area contributed by atoms with E-state index < -0.39 is 11.9 Å². The van der Waals surface area contributed by atoms with Crippen LogP contribution in [0.5, 0.6) is 0 Å². The second kappa shape index (κ2) is 10.7. The summed E-state index contributed by atoms with van der Waals surface area (Å²) in [6.07, 6.45) is 2.92. The molecule has 3 aromatic rings. The van der Waals surface area contributed by atoms with Crippen molar-refractivity contribution < 1.29 is 9.18 Å². The fraction of sp³-hybridized carbons (Fsp3) is 0.250. The first-order valence-electron chi connectivity index (χ1n) is 10.1. The second-order valence-electron chi connectivity index (χ2n) is 7.34. The molecule has 1 amide bonds. The van der Waals surface area contributed by atoms with Gasteiger partial charge in [-0.3, -0.25) is 4.79 Å². The largest absolute Gasteiger partial charge is 0.370 e. The number of hydrogen-bond acceptors (Lipinski definition) is 5. The minimum absolute atomic E-state index is 0.247. The number of nitriles is 1. The van der Waals surface area contributed by atoms with E-state index in [9.17, 15) is 14.4 Å². The number of carbonyl (C=O) groups is 1. The van der Waals surface area contributed by atoms with E-state index in [0.717, 1.165) is 34.8 Å². The molecule has 1 atom stereocenters. The lowest BCUT2D eigenvalue weighted by molar-refractivity contribution is -0.119. The molecule has 31 heavy (non-hydrogen) atoms. The number of halogens is 1. The third-order valence-electron chi connectivity index (χ3n) is 5.11. The number of rotatable bonds is 5. The lowest BCUT2D eigenvalue weighted by atomic mass is 10.0. The Morgan fingerprint density at radius 2 is 1.81 bits per heavy atom. The molecule has 4 N–H and O–H groups in total. The van der Waals surface area contributed by atoms with Crippen LogP contribution in [0.1, 0.15) is 23.3 Å². The van der Waals surface area contributed by atoms with E-state index in [4.69, 9.17) is 11.5 Å². The number of hydrogen-bond donors (Lipinski definition) is 2. The maximum absolute atomic E-state index is 13.0. The van der Waals surface area contributed by atoms with Gasteiger partial charge in [0, 0.05) is 24.4 Å². The molecule has 5 nitrogen and oxygen atoms in total. The maximum Gasteiger partial charge on any atom is 0.234 e. The van der Waals surface area contributed by atoms with E-state index in [-0.39, 0.29) is 5.82 Å². The monoisotopic (exact) mass is 436 g/mol. The number of carbonyl (C=O) groups excluding carboxylic acids is 1. The summed E-state index contributed by atoms with van der Waals surface area (Å²) in [6.45, 7) is 2.04. The summed E-state index contributed by atoms with van der Waals surface area (Å²) in [5.74, 6) is -0.693. The van der Waals surface area contributed by atoms with Crippen molar-refractivity contribution in [2.75, 3.05) is 18.0 Å². The Labute approximate surface area is 185 Å². The lowest BCUT2D eigenvalue weighted by Crippen LogP contribution is -2.37. The van der Waals surface area contributed by atoms with Crippen LogP contribution in [0.25, 0.3) is 11.1 Å². The third-order valence-corrected chi connectivity index (χ3v) is 6.01. The molecule has 0 spiro atoms. The Kier molecular flexibility index (Phi) is 7.76. The van der Waals surface area contributed by atoms with Crippen molar-refractivity contribution >= 4 is 22.9 Å². The van der Waals surface area contributed by atoms with Crippen LogP contribution in [0, 0.1) is 17.1 Å². The highest BCUT2D eigenvalue weighted by atomic mass is 32.1. The van der Waals surface area contributed by atoms with Gasteiger partial charge in [-0.2, -0.15) is 5.26 Å². The lowest BCUT2D eigenvalue weighted by Gasteiger charge is -2.19. The third kappa shape index (κ3) is 6.14. The standard InChI is InChI=1S/C17H15FN2.C7H10N2OS/c18-16-6-3-13(4-7-16)14-5-8-17(15(11-14)12-19)20-9-1-2-10-20;8-6(7(9)10)4-5-2-1-3-11-5/h3-8,11H,1-2,9-10H2;1-3,6H,4,8H2,(H2,9,10)/t;6-/m.0/s1. The van der Waals surface area contributed by atoms with Crippen molar-refractivity contribution in [3.05, 3.63) is 76.2 Å². The van der Waals surface area contributed by atoms with Crippen LogP contribution < -0.4 is 16.4 Å². The van der Waals surface area contributed by atoms with Gasteiger partial charge >= 0.3 is 0 Å². The summed E-state index contributed by atoms with van der Waals surface area (Å²) in [4.78, 5) is 13.9. The smallest absolute Gasteiger partial charge is 0.234 e. The Morgan fingerprint density at radius 3 is 2.39 bits per heavy atom. The highest BCUT2D eigenvalue weighted by Crippen LogP contribution is 2.29. The average Bonchev–Trinajstić information content (AvgIpc) is 3.48. The maximum atomic E-state index is 13.0.